The highest BCUT2D eigenvalue weighted by Gasteiger charge is 2.38. The monoisotopic (exact) mass is 360 g/mol. The zero-order valence-corrected chi connectivity index (χ0v) is 15.4. The van der Waals surface area contributed by atoms with Crippen molar-refractivity contribution < 1.29 is 19.4 Å². The van der Waals surface area contributed by atoms with E-state index in [9.17, 15) is 14.7 Å². The van der Waals surface area contributed by atoms with Crippen molar-refractivity contribution in [1.29, 1.82) is 0 Å². The summed E-state index contributed by atoms with van der Waals surface area (Å²) in [6.07, 6.45) is 3.17. The first kappa shape index (κ1) is 18.5. The summed E-state index contributed by atoms with van der Waals surface area (Å²) >= 11 is 0. The van der Waals surface area contributed by atoms with E-state index in [1.807, 2.05) is 36.1 Å². The number of carbonyl (C=O) groups is 2. The summed E-state index contributed by atoms with van der Waals surface area (Å²) in [7, 11) is 0. The van der Waals surface area contributed by atoms with Gasteiger partial charge in [0.2, 0.25) is 5.91 Å². The van der Waals surface area contributed by atoms with Crippen molar-refractivity contribution in [2.75, 3.05) is 37.7 Å². The summed E-state index contributed by atoms with van der Waals surface area (Å²) in [6.45, 7) is 5.31. The van der Waals surface area contributed by atoms with Crippen molar-refractivity contribution in [3.05, 3.63) is 24.3 Å². The minimum atomic E-state index is -0.827. The minimum Gasteiger partial charge on any atom is -0.492 e. The zero-order valence-electron chi connectivity index (χ0n) is 15.4. The van der Waals surface area contributed by atoms with E-state index >= 15 is 0 Å². The highest BCUT2D eigenvalue weighted by atomic mass is 16.5. The summed E-state index contributed by atoms with van der Waals surface area (Å²) < 4.78 is 5.71. The van der Waals surface area contributed by atoms with Gasteiger partial charge in [-0.3, -0.25) is 9.59 Å². The molecule has 1 aliphatic carbocycles. The highest BCUT2D eigenvalue weighted by Crippen LogP contribution is 2.33. The summed E-state index contributed by atoms with van der Waals surface area (Å²) in [5, 5.41) is 9.43. The molecule has 0 unspecified atom stereocenters. The molecule has 1 heterocycles. The number of benzene rings is 1. The third kappa shape index (κ3) is 3.94. The first-order valence-electron chi connectivity index (χ1n) is 9.60. The van der Waals surface area contributed by atoms with Crippen LogP contribution in [0.2, 0.25) is 0 Å². The average molecular weight is 360 g/mol. The number of ether oxygens (including phenoxy) is 1. The largest absolute Gasteiger partial charge is 0.492 e. The molecule has 1 N–H and O–H groups in total. The first-order chi connectivity index (χ1) is 12.6. The Bertz CT molecular complexity index is 640. The molecule has 1 saturated heterocycles. The van der Waals surface area contributed by atoms with Gasteiger partial charge in [0.25, 0.3) is 0 Å². The van der Waals surface area contributed by atoms with Crippen molar-refractivity contribution in [1.82, 2.24) is 4.90 Å². The van der Waals surface area contributed by atoms with Gasteiger partial charge in [0.15, 0.2) is 0 Å². The third-order valence-corrected chi connectivity index (χ3v) is 5.50. The van der Waals surface area contributed by atoms with Gasteiger partial charge in [0.1, 0.15) is 5.75 Å². The van der Waals surface area contributed by atoms with Gasteiger partial charge in [0, 0.05) is 26.2 Å². The summed E-state index contributed by atoms with van der Waals surface area (Å²) in [5.74, 6) is -0.813. The number of para-hydroxylation sites is 2. The number of aliphatic carboxylic acids is 1. The van der Waals surface area contributed by atoms with Crippen LogP contribution in [0.25, 0.3) is 0 Å². The van der Waals surface area contributed by atoms with E-state index in [4.69, 9.17) is 4.74 Å². The SMILES string of the molecule is CCOc1ccccc1N1CCN(C(=O)[C@H]2CCCC[C@H]2C(=O)O)CC1. The van der Waals surface area contributed by atoms with E-state index < -0.39 is 11.9 Å². The van der Waals surface area contributed by atoms with Crippen molar-refractivity contribution in [3.8, 4) is 5.75 Å². The van der Waals surface area contributed by atoms with Crippen molar-refractivity contribution in [2.45, 2.75) is 32.6 Å². The second kappa shape index (κ2) is 8.43. The second-order valence-electron chi connectivity index (χ2n) is 7.05. The van der Waals surface area contributed by atoms with Gasteiger partial charge in [-0.15, -0.1) is 0 Å². The van der Waals surface area contributed by atoms with Crippen LogP contribution in [0.4, 0.5) is 5.69 Å². The van der Waals surface area contributed by atoms with E-state index in [2.05, 4.69) is 4.90 Å². The molecule has 0 radical (unpaired) electrons. The number of hydrogen-bond donors (Lipinski definition) is 1. The van der Waals surface area contributed by atoms with Crippen LogP contribution >= 0.6 is 0 Å². The number of carboxylic acids is 1. The molecule has 142 valence electrons. The quantitative estimate of drug-likeness (QED) is 0.874. The Hall–Kier alpha value is -2.24. The maximum absolute atomic E-state index is 12.9. The van der Waals surface area contributed by atoms with Gasteiger partial charge in [-0.1, -0.05) is 25.0 Å². The summed E-state index contributed by atoms with van der Waals surface area (Å²) in [6, 6.07) is 7.97. The van der Waals surface area contributed by atoms with Crippen LogP contribution in [0.3, 0.4) is 0 Å². The Labute approximate surface area is 154 Å². The molecule has 0 spiro atoms. The van der Waals surface area contributed by atoms with Gasteiger partial charge in [-0.25, -0.2) is 0 Å². The van der Waals surface area contributed by atoms with Crippen LogP contribution in [-0.4, -0.2) is 54.7 Å². The van der Waals surface area contributed by atoms with Crippen molar-refractivity contribution in [2.24, 2.45) is 11.8 Å². The van der Waals surface area contributed by atoms with Gasteiger partial charge in [-0.05, 0) is 31.9 Å². The predicted octanol–water partition coefficient (Wildman–Crippen LogP) is 2.62. The fourth-order valence-electron chi connectivity index (χ4n) is 4.12. The van der Waals surface area contributed by atoms with E-state index in [1.165, 1.54) is 0 Å². The van der Waals surface area contributed by atoms with E-state index in [0.29, 0.717) is 32.5 Å². The molecule has 1 amide bonds. The van der Waals surface area contributed by atoms with Crippen molar-refractivity contribution in [3.63, 3.8) is 0 Å². The van der Waals surface area contributed by atoms with Gasteiger partial charge in [-0.2, -0.15) is 0 Å². The fourth-order valence-corrected chi connectivity index (χ4v) is 4.12. The Morgan fingerprint density at radius 1 is 1.08 bits per heavy atom. The van der Waals surface area contributed by atoms with Gasteiger partial charge >= 0.3 is 5.97 Å². The lowest BCUT2D eigenvalue weighted by Gasteiger charge is -2.39. The number of hydrogen-bond acceptors (Lipinski definition) is 4. The molecule has 1 aromatic rings. The lowest BCUT2D eigenvalue weighted by Crippen LogP contribution is -2.52. The molecule has 0 bridgehead atoms. The lowest BCUT2D eigenvalue weighted by molar-refractivity contribution is -0.152. The van der Waals surface area contributed by atoms with Gasteiger partial charge < -0.3 is 19.6 Å². The normalized spacial score (nSPS) is 23.6. The molecule has 2 atom stereocenters. The standard InChI is InChI=1S/C20H28N2O4/c1-2-26-18-10-6-5-9-17(18)21-11-13-22(14-12-21)19(23)15-7-3-4-8-16(15)20(24)25/h5-6,9-10,15-16H,2-4,7-8,11-14H2,1H3,(H,24,25)/t15-,16+/m0/s1. The number of nitrogens with zero attached hydrogens (tertiary/aromatic N) is 2. The third-order valence-electron chi connectivity index (χ3n) is 5.50. The van der Waals surface area contributed by atoms with Crippen LogP contribution in [0.15, 0.2) is 24.3 Å². The van der Waals surface area contributed by atoms with E-state index in [1.54, 1.807) is 0 Å². The van der Waals surface area contributed by atoms with Crippen LogP contribution in [-0.2, 0) is 9.59 Å². The Morgan fingerprint density at radius 3 is 2.38 bits per heavy atom. The second-order valence-corrected chi connectivity index (χ2v) is 7.05. The summed E-state index contributed by atoms with van der Waals surface area (Å²) in [4.78, 5) is 28.5. The zero-order chi connectivity index (χ0) is 18.5. The minimum absolute atomic E-state index is 0.0230. The molecule has 1 saturated carbocycles. The molecule has 6 heteroatoms. The first-order valence-corrected chi connectivity index (χ1v) is 9.60. The maximum atomic E-state index is 12.9. The molecular formula is C20H28N2O4. The fraction of sp³-hybridized carbons (Fsp3) is 0.600. The number of piperazine rings is 1. The molecule has 2 aliphatic rings. The van der Waals surface area contributed by atoms with Crippen LogP contribution < -0.4 is 9.64 Å². The molecule has 3 rings (SSSR count). The van der Waals surface area contributed by atoms with E-state index in [-0.39, 0.29) is 11.8 Å². The highest BCUT2D eigenvalue weighted by molar-refractivity contribution is 5.85. The predicted molar refractivity (Wildman–Crippen MR) is 99.5 cm³/mol. The van der Waals surface area contributed by atoms with Crippen LogP contribution in [0.1, 0.15) is 32.6 Å². The molecule has 6 nitrogen and oxygen atoms in total. The van der Waals surface area contributed by atoms with Crippen LogP contribution in [0.5, 0.6) is 5.75 Å². The number of amides is 1. The maximum Gasteiger partial charge on any atom is 0.307 e. The Balaban J connectivity index is 1.63. The number of anilines is 1. The average Bonchev–Trinajstić information content (AvgIpc) is 2.68. The topological polar surface area (TPSA) is 70.1 Å². The Morgan fingerprint density at radius 2 is 1.73 bits per heavy atom. The van der Waals surface area contributed by atoms with Crippen LogP contribution in [0, 0.1) is 11.8 Å². The molecule has 0 aromatic heterocycles. The molecule has 1 aliphatic heterocycles. The summed E-state index contributed by atoms with van der Waals surface area (Å²) in [5.41, 5.74) is 1.06. The number of rotatable bonds is 5. The number of carboxylic acid groups (broad SMARTS) is 1. The molecule has 26 heavy (non-hydrogen) atoms. The molecular weight excluding hydrogens is 332 g/mol. The molecule has 2 fully saturated rings. The van der Waals surface area contributed by atoms with Crippen molar-refractivity contribution >= 4 is 17.6 Å². The van der Waals surface area contributed by atoms with Gasteiger partial charge in [0.05, 0.1) is 24.1 Å². The molecule has 1 aromatic carbocycles. The number of carbonyl (C=O) groups excluding carboxylic acids is 1. The smallest absolute Gasteiger partial charge is 0.307 e. The van der Waals surface area contributed by atoms with E-state index in [0.717, 1.165) is 37.4 Å². The Kier molecular flexibility index (Phi) is 6.01. The lowest BCUT2D eigenvalue weighted by atomic mass is 9.78.